The smallest absolute Gasteiger partial charge is 0.317 e. The number of ether oxygens (including phenoxy) is 3. The van der Waals surface area contributed by atoms with Crippen LogP contribution in [0.1, 0.15) is 132 Å². The zero-order chi connectivity index (χ0) is 31.4. The van der Waals surface area contributed by atoms with Crippen LogP contribution in [-0.2, 0) is 23.8 Å². The summed E-state index contributed by atoms with van der Waals surface area (Å²) >= 11 is 0. The molecule has 0 bridgehead atoms. The Labute approximate surface area is 255 Å². The molecule has 3 atom stereocenters. The average Bonchev–Trinajstić information content (AvgIpc) is 2.89. The average molecular weight is 596 g/mol. The first-order valence-corrected chi connectivity index (χ1v) is 16.5. The lowest BCUT2D eigenvalue weighted by Crippen LogP contribution is -2.56. The fourth-order valence-corrected chi connectivity index (χ4v) is 5.67. The summed E-state index contributed by atoms with van der Waals surface area (Å²) < 4.78 is 17.4. The Kier molecular flexibility index (Phi) is 14.6. The lowest BCUT2D eigenvalue weighted by Gasteiger charge is -2.44. The van der Waals surface area contributed by atoms with Crippen molar-refractivity contribution in [2.24, 2.45) is 10.8 Å². The van der Waals surface area contributed by atoms with Gasteiger partial charge in [0.1, 0.15) is 12.2 Å². The van der Waals surface area contributed by atoms with Crippen LogP contribution in [0.4, 0.5) is 4.79 Å². The molecule has 1 aliphatic carbocycles. The molecule has 0 aromatic carbocycles. The monoisotopic (exact) mass is 595 g/mol. The van der Waals surface area contributed by atoms with Crippen LogP contribution in [0.5, 0.6) is 0 Å². The van der Waals surface area contributed by atoms with Gasteiger partial charge in [-0.25, -0.2) is 4.79 Å². The van der Waals surface area contributed by atoms with Crippen LogP contribution in [0.2, 0.25) is 0 Å². The van der Waals surface area contributed by atoms with Crippen LogP contribution in [-0.4, -0.2) is 73.1 Å². The van der Waals surface area contributed by atoms with E-state index in [2.05, 4.69) is 38.3 Å². The van der Waals surface area contributed by atoms with Gasteiger partial charge in [-0.2, -0.15) is 0 Å². The molecule has 0 radical (unpaired) electrons. The van der Waals surface area contributed by atoms with Crippen LogP contribution in [0, 0.1) is 10.8 Å². The fourth-order valence-electron chi connectivity index (χ4n) is 5.67. The highest BCUT2D eigenvalue weighted by Crippen LogP contribution is 2.35. The Balaban J connectivity index is 1.85. The number of hydrogen-bond donors (Lipinski definition) is 2. The second-order valence-corrected chi connectivity index (χ2v) is 14.7. The molecular weight excluding hydrogens is 534 g/mol. The zero-order valence-electron chi connectivity index (χ0n) is 27.9. The van der Waals surface area contributed by atoms with Gasteiger partial charge in [-0.1, -0.05) is 86.5 Å². The van der Waals surface area contributed by atoms with Gasteiger partial charge in [0.25, 0.3) is 0 Å². The Bertz CT molecular complexity index is 853. The minimum atomic E-state index is -0.840. The first-order valence-electron chi connectivity index (χ1n) is 16.5. The fraction of sp³-hybridized carbons (Fsp3) is 0.909. The molecular formula is C33H61N3O6. The molecule has 3 amide bonds. The van der Waals surface area contributed by atoms with Crippen molar-refractivity contribution in [1.82, 2.24) is 15.5 Å². The third kappa shape index (κ3) is 13.2. The molecule has 9 heteroatoms. The maximum atomic E-state index is 13.4. The molecule has 1 heterocycles. The second-order valence-electron chi connectivity index (χ2n) is 14.7. The molecule has 2 fully saturated rings. The summed E-state index contributed by atoms with van der Waals surface area (Å²) in [6.07, 6.45) is 10.9. The third-order valence-electron chi connectivity index (χ3n) is 8.05. The van der Waals surface area contributed by atoms with Gasteiger partial charge in [-0.3, -0.25) is 9.59 Å². The number of carbonyl (C=O) groups is 3. The summed E-state index contributed by atoms with van der Waals surface area (Å²) in [4.78, 5) is 41.0. The Morgan fingerprint density at radius 2 is 1.60 bits per heavy atom. The maximum absolute atomic E-state index is 13.4. The van der Waals surface area contributed by atoms with E-state index in [0.29, 0.717) is 13.2 Å². The van der Waals surface area contributed by atoms with E-state index in [1.54, 1.807) is 13.8 Å². The minimum absolute atomic E-state index is 0.0119. The van der Waals surface area contributed by atoms with Crippen molar-refractivity contribution < 1.29 is 28.6 Å². The highest BCUT2D eigenvalue weighted by atomic mass is 16.7. The molecule has 1 saturated carbocycles. The molecule has 2 N–H and O–H groups in total. The van der Waals surface area contributed by atoms with Crippen LogP contribution < -0.4 is 10.6 Å². The molecule has 244 valence electrons. The molecule has 2 rings (SSSR count). The van der Waals surface area contributed by atoms with Crippen LogP contribution in [0.15, 0.2) is 0 Å². The van der Waals surface area contributed by atoms with Crippen LogP contribution in [0.25, 0.3) is 0 Å². The van der Waals surface area contributed by atoms with Crippen LogP contribution >= 0.6 is 0 Å². The highest BCUT2D eigenvalue weighted by molar-refractivity contribution is 5.82. The molecule has 42 heavy (non-hydrogen) atoms. The first kappa shape index (κ1) is 36.3. The van der Waals surface area contributed by atoms with E-state index in [1.165, 1.54) is 32.1 Å². The van der Waals surface area contributed by atoms with Gasteiger partial charge >= 0.3 is 12.0 Å². The minimum Gasteiger partial charge on any atom is -0.460 e. The van der Waals surface area contributed by atoms with E-state index in [9.17, 15) is 14.4 Å². The predicted molar refractivity (Wildman–Crippen MR) is 166 cm³/mol. The standard InChI is InChI=1S/C33H61N3O6/c1-9-10-11-12-13-14-17-22-36(23-31(2,3)4)30(39)35-25-18-15-16-19-26(25)41-27(37)20-21-34-29(38)28-32(5,6)24-40-33(7,8)42-28/h25-26,28H,9-24H2,1-8H3,(H,34,38)(H,35,39). The summed E-state index contributed by atoms with van der Waals surface area (Å²) in [6, 6.07) is -0.280. The van der Waals surface area contributed by atoms with E-state index in [0.717, 1.165) is 45.1 Å². The molecule has 0 aromatic rings. The summed E-state index contributed by atoms with van der Waals surface area (Å²) in [7, 11) is 0. The summed E-state index contributed by atoms with van der Waals surface area (Å²) in [5, 5.41) is 6.05. The number of carbonyl (C=O) groups excluding carboxylic acids is 3. The Morgan fingerprint density at radius 1 is 0.952 bits per heavy atom. The molecule has 1 aliphatic heterocycles. The van der Waals surface area contributed by atoms with E-state index < -0.39 is 17.3 Å². The van der Waals surface area contributed by atoms with Crippen molar-refractivity contribution in [3.63, 3.8) is 0 Å². The molecule has 9 nitrogen and oxygen atoms in total. The van der Waals surface area contributed by atoms with Crippen molar-refractivity contribution in [3.05, 3.63) is 0 Å². The topological polar surface area (TPSA) is 106 Å². The quantitative estimate of drug-likeness (QED) is 0.169. The van der Waals surface area contributed by atoms with E-state index in [4.69, 9.17) is 14.2 Å². The van der Waals surface area contributed by atoms with Crippen molar-refractivity contribution >= 4 is 17.9 Å². The predicted octanol–water partition coefficient (Wildman–Crippen LogP) is 6.33. The summed E-state index contributed by atoms with van der Waals surface area (Å²) in [5.41, 5.74) is -0.495. The Morgan fingerprint density at radius 3 is 2.26 bits per heavy atom. The number of unbranched alkanes of at least 4 members (excludes halogenated alkanes) is 6. The number of rotatable bonds is 15. The van der Waals surface area contributed by atoms with E-state index >= 15 is 0 Å². The van der Waals surface area contributed by atoms with Gasteiger partial charge in [0, 0.05) is 25.0 Å². The second kappa shape index (κ2) is 16.8. The van der Waals surface area contributed by atoms with Crippen molar-refractivity contribution in [2.75, 3.05) is 26.2 Å². The molecule has 1 saturated heterocycles. The third-order valence-corrected chi connectivity index (χ3v) is 8.05. The molecule has 2 aliphatic rings. The summed E-state index contributed by atoms with van der Waals surface area (Å²) in [5.74, 6) is -1.47. The lowest BCUT2D eigenvalue weighted by molar-refractivity contribution is -0.304. The highest BCUT2D eigenvalue weighted by Gasteiger charge is 2.45. The van der Waals surface area contributed by atoms with Gasteiger partial charge < -0.3 is 29.7 Å². The largest absolute Gasteiger partial charge is 0.460 e. The van der Waals surface area contributed by atoms with Gasteiger partial charge in [0.2, 0.25) is 5.91 Å². The van der Waals surface area contributed by atoms with Gasteiger partial charge in [0.15, 0.2) is 5.79 Å². The van der Waals surface area contributed by atoms with Crippen molar-refractivity contribution in [1.29, 1.82) is 0 Å². The van der Waals surface area contributed by atoms with Crippen molar-refractivity contribution in [3.8, 4) is 0 Å². The van der Waals surface area contributed by atoms with Gasteiger partial charge in [-0.15, -0.1) is 0 Å². The van der Waals surface area contributed by atoms with Gasteiger partial charge in [-0.05, 0) is 44.9 Å². The number of nitrogens with zero attached hydrogens (tertiary/aromatic N) is 1. The molecule has 0 aromatic heterocycles. The Hall–Kier alpha value is -1.87. The number of hydrogen-bond acceptors (Lipinski definition) is 6. The maximum Gasteiger partial charge on any atom is 0.317 e. The number of nitrogens with one attached hydrogen (secondary N) is 2. The number of amides is 3. The first-order chi connectivity index (χ1) is 19.6. The van der Waals surface area contributed by atoms with E-state index in [-0.39, 0.29) is 48.4 Å². The van der Waals surface area contributed by atoms with Gasteiger partial charge in [0.05, 0.1) is 19.1 Å². The normalized spacial score (nSPS) is 23.6. The number of esters is 1. The lowest BCUT2D eigenvalue weighted by atomic mass is 9.85. The number of urea groups is 1. The van der Waals surface area contributed by atoms with Crippen LogP contribution in [0.3, 0.4) is 0 Å². The molecule has 3 unspecified atom stereocenters. The van der Waals surface area contributed by atoms with Crippen molar-refractivity contribution in [2.45, 2.75) is 156 Å². The SMILES string of the molecule is CCCCCCCCCN(CC(C)(C)C)C(=O)NC1CCCCC1OC(=O)CCNC(=O)C1OC(C)(C)OCC1(C)C. The summed E-state index contributed by atoms with van der Waals surface area (Å²) in [6.45, 7) is 18.1. The van der Waals surface area contributed by atoms with E-state index in [1.807, 2.05) is 18.7 Å². The zero-order valence-corrected chi connectivity index (χ0v) is 27.9. The molecule has 0 spiro atoms.